The predicted molar refractivity (Wildman–Crippen MR) is 76.9 cm³/mol. The van der Waals surface area contributed by atoms with Crippen LogP contribution in [0.15, 0.2) is 24.3 Å². The van der Waals surface area contributed by atoms with Gasteiger partial charge in [-0.3, -0.25) is 10.1 Å². The van der Waals surface area contributed by atoms with Crippen molar-refractivity contribution >= 4 is 24.4 Å². The summed E-state index contributed by atoms with van der Waals surface area (Å²) in [4.78, 5) is 23.5. The highest BCUT2D eigenvalue weighted by Gasteiger charge is 2.21. The number of piperidine rings is 1. The Morgan fingerprint density at radius 3 is 2.50 bits per heavy atom. The van der Waals surface area contributed by atoms with Crippen molar-refractivity contribution in [3.63, 3.8) is 0 Å². The number of benzene rings is 1. The zero-order valence-corrected chi connectivity index (χ0v) is 11.8. The van der Waals surface area contributed by atoms with Crippen LogP contribution in [0.3, 0.4) is 0 Å². The molecule has 1 aliphatic rings. The normalized spacial score (nSPS) is 15.9. The number of ether oxygens (including phenoxy) is 1. The Morgan fingerprint density at radius 1 is 1.35 bits per heavy atom. The van der Waals surface area contributed by atoms with Gasteiger partial charge in [-0.05, 0) is 30.5 Å². The average Bonchev–Trinajstić information content (AvgIpc) is 2.46. The summed E-state index contributed by atoms with van der Waals surface area (Å²) < 4.78 is 5.20. The molecule has 1 aliphatic heterocycles. The fourth-order valence-electron chi connectivity index (χ4n) is 2.00. The molecular formula is C13H16N2O4S. The SMILES string of the molecule is O=C(OCc1ccc([N+](=O)[O-])cc1)N1CCC(S)CC1. The molecule has 6 nitrogen and oxygen atoms in total. The number of nitro groups is 1. The Morgan fingerprint density at radius 2 is 1.95 bits per heavy atom. The maximum atomic E-state index is 11.8. The van der Waals surface area contributed by atoms with Gasteiger partial charge < -0.3 is 9.64 Å². The van der Waals surface area contributed by atoms with E-state index in [1.54, 1.807) is 17.0 Å². The van der Waals surface area contributed by atoms with E-state index in [1.165, 1.54) is 12.1 Å². The zero-order chi connectivity index (χ0) is 14.5. The van der Waals surface area contributed by atoms with Crippen molar-refractivity contribution in [3.05, 3.63) is 39.9 Å². The largest absolute Gasteiger partial charge is 0.445 e. The predicted octanol–water partition coefficient (Wildman–Crippen LogP) is 2.63. The van der Waals surface area contributed by atoms with Gasteiger partial charge in [0.05, 0.1) is 4.92 Å². The molecule has 0 spiro atoms. The van der Waals surface area contributed by atoms with Crippen LogP contribution in [0.2, 0.25) is 0 Å². The molecule has 0 radical (unpaired) electrons. The highest BCUT2D eigenvalue weighted by atomic mass is 32.1. The molecule has 1 saturated heterocycles. The van der Waals surface area contributed by atoms with Gasteiger partial charge in [0.2, 0.25) is 0 Å². The third-order valence-electron chi connectivity index (χ3n) is 3.23. The van der Waals surface area contributed by atoms with Gasteiger partial charge in [0.1, 0.15) is 6.61 Å². The molecule has 0 N–H and O–H groups in total. The lowest BCUT2D eigenvalue weighted by Gasteiger charge is -2.29. The van der Waals surface area contributed by atoms with E-state index in [2.05, 4.69) is 12.6 Å². The minimum atomic E-state index is -0.461. The van der Waals surface area contributed by atoms with Crippen molar-refractivity contribution < 1.29 is 14.5 Å². The minimum absolute atomic E-state index is 0.0240. The van der Waals surface area contributed by atoms with Crippen molar-refractivity contribution in [1.82, 2.24) is 4.90 Å². The number of carbonyl (C=O) groups is 1. The summed E-state index contributed by atoms with van der Waals surface area (Å²) in [7, 11) is 0. The molecule has 0 aliphatic carbocycles. The van der Waals surface area contributed by atoms with Gasteiger partial charge in [0, 0.05) is 30.5 Å². The van der Waals surface area contributed by atoms with Crippen LogP contribution < -0.4 is 0 Å². The average molecular weight is 296 g/mol. The molecule has 1 amide bonds. The number of thiol groups is 1. The van der Waals surface area contributed by atoms with Gasteiger partial charge in [-0.1, -0.05) is 0 Å². The van der Waals surface area contributed by atoms with Crippen LogP contribution in [0.5, 0.6) is 0 Å². The standard InChI is InChI=1S/C13H16N2O4S/c16-13(14-7-5-12(20)6-8-14)19-9-10-1-3-11(4-2-10)15(17)18/h1-4,12,20H,5-9H2. The molecule has 0 saturated carbocycles. The first-order valence-corrected chi connectivity index (χ1v) is 6.91. The number of amides is 1. The quantitative estimate of drug-likeness (QED) is 0.528. The first-order chi connectivity index (χ1) is 9.56. The Balaban J connectivity index is 1.82. The third kappa shape index (κ3) is 3.86. The molecular weight excluding hydrogens is 280 g/mol. The number of nitrogens with zero attached hydrogens (tertiary/aromatic N) is 2. The maximum absolute atomic E-state index is 11.8. The van der Waals surface area contributed by atoms with Gasteiger partial charge in [0.25, 0.3) is 5.69 Å². The highest BCUT2D eigenvalue weighted by Crippen LogP contribution is 2.17. The van der Waals surface area contributed by atoms with E-state index >= 15 is 0 Å². The third-order valence-corrected chi connectivity index (χ3v) is 3.75. The van der Waals surface area contributed by atoms with Gasteiger partial charge in [-0.25, -0.2) is 4.79 Å². The number of non-ortho nitro benzene ring substituents is 1. The van der Waals surface area contributed by atoms with Gasteiger partial charge in [-0.15, -0.1) is 0 Å². The summed E-state index contributed by atoms with van der Waals surface area (Å²) in [5.41, 5.74) is 0.754. The van der Waals surface area contributed by atoms with E-state index in [9.17, 15) is 14.9 Å². The van der Waals surface area contributed by atoms with Crippen LogP contribution in [-0.2, 0) is 11.3 Å². The van der Waals surface area contributed by atoms with Crippen LogP contribution >= 0.6 is 12.6 Å². The summed E-state index contributed by atoms with van der Waals surface area (Å²) >= 11 is 4.37. The Labute approximate surface area is 122 Å². The minimum Gasteiger partial charge on any atom is -0.445 e. The van der Waals surface area contributed by atoms with Gasteiger partial charge in [-0.2, -0.15) is 12.6 Å². The number of rotatable bonds is 3. The maximum Gasteiger partial charge on any atom is 0.410 e. The number of hydrogen-bond donors (Lipinski definition) is 1. The molecule has 0 bridgehead atoms. The number of nitro benzene ring substituents is 1. The smallest absolute Gasteiger partial charge is 0.410 e. The van der Waals surface area contributed by atoms with Crippen molar-refractivity contribution in [2.24, 2.45) is 0 Å². The fourth-order valence-corrected chi connectivity index (χ4v) is 2.23. The Hall–Kier alpha value is -1.76. The first-order valence-electron chi connectivity index (χ1n) is 6.39. The van der Waals surface area contributed by atoms with Gasteiger partial charge in [0.15, 0.2) is 0 Å². The van der Waals surface area contributed by atoms with E-state index in [4.69, 9.17) is 4.74 Å². The monoisotopic (exact) mass is 296 g/mol. The molecule has 1 aromatic rings. The molecule has 1 heterocycles. The molecule has 20 heavy (non-hydrogen) atoms. The van der Waals surface area contributed by atoms with Gasteiger partial charge >= 0.3 is 6.09 Å². The van der Waals surface area contributed by atoms with E-state index in [0.717, 1.165) is 18.4 Å². The fraction of sp³-hybridized carbons (Fsp3) is 0.462. The molecule has 0 aromatic heterocycles. The van der Waals surface area contributed by atoms with E-state index < -0.39 is 4.92 Å². The Kier molecular flexibility index (Phi) is 4.84. The van der Waals surface area contributed by atoms with Crippen LogP contribution in [0.25, 0.3) is 0 Å². The lowest BCUT2D eigenvalue weighted by Crippen LogP contribution is -2.39. The molecule has 1 aromatic carbocycles. The second kappa shape index (κ2) is 6.60. The van der Waals surface area contributed by atoms with Crippen LogP contribution in [0.4, 0.5) is 10.5 Å². The first kappa shape index (κ1) is 14.6. The molecule has 1 fully saturated rings. The lowest BCUT2D eigenvalue weighted by atomic mass is 10.1. The number of hydrogen-bond acceptors (Lipinski definition) is 5. The van der Waals surface area contributed by atoms with Crippen LogP contribution in [-0.4, -0.2) is 34.3 Å². The van der Waals surface area contributed by atoms with E-state index in [0.29, 0.717) is 18.3 Å². The zero-order valence-electron chi connectivity index (χ0n) is 10.9. The number of carbonyl (C=O) groups excluding carboxylic acids is 1. The van der Waals surface area contributed by atoms with Crippen molar-refractivity contribution in [2.45, 2.75) is 24.7 Å². The van der Waals surface area contributed by atoms with Crippen LogP contribution in [0.1, 0.15) is 18.4 Å². The summed E-state index contributed by atoms with van der Waals surface area (Å²) in [5, 5.41) is 10.9. The lowest BCUT2D eigenvalue weighted by molar-refractivity contribution is -0.384. The second-order valence-corrected chi connectivity index (χ2v) is 5.43. The molecule has 2 rings (SSSR count). The number of likely N-dealkylation sites (tertiary alicyclic amines) is 1. The van der Waals surface area contributed by atoms with Crippen molar-refractivity contribution in [1.29, 1.82) is 0 Å². The summed E-state index contributed by atoms with van der Waals surface area (Å²) in [6, 6.07) is 5.97. The highest BCUT2D eigenvalue weighted by molar-refractivity contribution is 7.80. The second-order valence-electron chi connectivity index (χ2n) is 4.70. The van der Waals surface area contributed by atoms with Crippen LogP contribution in [0, 0.1) is 10.1 Å². The van der Waals surface area contributed by atoms with Crippen molar-refractivity contribution in [2.75, 3.05) is 13.1 Å². The topological polar surface area (TPSA) is 72.7 Å². The molecule has 0 unspecified atom stereocenters. The Bertz CT molecular complexity index is 484. The van der Waals surface area contributed by atoms with E-state index in [1.807, 2.05) is 0 Å². The summed E-state index contributed by atoms with van der Waals surface area (Å²) in [6.07, 6.45) is 1.40. The molecule has 7 heteroatoms. The van der Waals surface area contributed by atoms with Crippen molar-refractivity contribution in [3.8, 4) is 0 Å². The molecule has 0 atom stereocenters. The summed E-state index contributed by atoms with van der Waals surface area (Å²) in [6.45, 7) is 1.44. The summed E-state index contributed by atoms with van der Waals surface area (Å²) in [5.74, 6) is 0. The van der Waals surface area contributed by atoms with E-state index in [-0.39, 0.29) is 18.4 Å². The molecule has 108 valence electrons.